The zero-order chi connectivity index (χ0) is 15.5. The number of nitrogens with zero attached hydrogens (tertiary/aromatic N) is 1. The minimum absolute atomic E-state index is 0.122. The molecule has 2 rings (SSSR count). The van der Waals surface area contributed by atoms with E-state index in [4.69, 9.17) is 0 Å². The van der Waals surface area contributed by atoms with Crippen molar-refractivity contribution in [3.05, 3.63) is 27.1 Å². The van der Waals surface area contributed by atoms with Crippen LogP contribution in [0.1, 0.15) is 19.3 Å². The third-order valence-electron chi connectivity index (χ3n) is 3.31. The van der Waals surface area contributed by atoms with Crippen molar-refractivity contribution in [1.29, 1.82) is 0 Å². The molecule has 8 heteroatoms. The van der Waals surface area contributed by atoms with Gasteiger partial charge in [-0.05, 0) is 53.4 Å². The molecular weight excluding hydrogens is 424 g/mol. The summed E-state index contributed by atoms with van der Waals surface area (Å²) in [5.74, 6) is -0.175. The van der Waals surface area contributed by atoms with Crippen LogP contribution in [0.2, 0.25) is 0 Å². The number of carbonyl (C=O) groups excluding carboxylic acids is 1. The second-order valence-corrected chi connectivity index (χ2v) is 8.35. The topological polar surface area (TPSA) is 66.5 Å². The summed E-state index contributed by atoms with van der Waals surface area (Å²) in [7, 11) is -3.71. The fourth-order valence-electron chi connectivity index (χ4n) is 2.18. The van der Waals surface area contributed by atoms with Gasteiger partial charge in [0.2, 0.25) is 15.9 Å². The zero-order valence-electron chi connectivity index (χ0n) is 11.3. The van der Waals surface area contributed by atoms with Crippen LogP contribution in [0.3, 0.4) is 0 Å². The van der Waals surface area contributed by atoms with E-state index in [1.54, 1.807) is 17.0 Å². The van der Waals surface area contributed by atoms with E-state index in [9.17, 15) is 13.2 Å². The molecule has 1 aliphatic rings. The van der Waals surface area contributed by atoms with E-state index in [0.29, 0.717) is 17.6 Å². The molecule has 1 N–H and O–H groups in total. The van der Waals surface area contributed by atoms with Gasteiger partial charge in [0.1, 0.15) is 0 Å². The normalized spacial score (nSPS) is 16.0. The number of hydrogen-bond donors (Lipinski definition) is 1. The van der Waals surface area contributed by atoms with Crippen molar-refractivity contribution in [3.8, 4) is 0 Å². The number of halogens is 2. The second-order valence-electron chi connectivity index (χ2n) is 4.84. The number of amides is 1. The summed E-state index contributed by atoms with van der Waals surface area (Å²) < 4.78 is 28.0. The number of sulfonamides is 1. The maximum Gasteiger partial charge on any atom is 0.242 e. The van der Waals surface area contributed by atoms with E-state index in [0.717, 1.165) is 23.7 Å². The average molecular weight is 440 g/mol. The summed E-state index contributed by atoms with van der Waals surface area (Å²) in [6, 6.07) is 4.79. The van der Waals surface area contributed by atoms with Gasteiger partial charge in [0.05, 0.1) is 11.4 Å². The smallest absolute Gasteiger partial charge is 0.242 e. The molecule has 1 aliphatic heterocycles. The van der Waals surface area contributed by atoms with Crippen LogP contribution < -0.4 is 4.72 Å². The van der Waals surface area contributed by atoms with Gasteiger partial charge in [0.15, 0.2) is 0 Å². The van der Waals surface area contributed by atoms with Crippen molar-refractivity contribution >= 4 is 47.8 Å². The van der Waals surface area contributed by atoms with Crippen molar-refractivity contribution in [3.63, 3.8) is 0 Å². The van der Waals surface area contributed by atoms with Crippen molar-refractivity contribution in [2.75, 3.05) is 19.6 Å². The van der Waals surface area contributed by atoms with Crippen LogP contribution in [0, 0.1) is 0 Å². The zero-order valence-corrected chi connectivity index (χ0v) is 15.3. The van der Waals surface area contributed by atoms with E-state index in [2.05, 4.69) is 36.6 Å². The van der Waals surface area contributed by atoms with E-state index in [-0.39, 0.29) is 17.3 Å². The summed E-state index contributed by atoms with van der Waals surface area (Å²) >= 11 is 6.49. The Hall–Kier alpha value is -0.440. The van der Waals surface area contributed by atoms with E-state index in [1.807, 2.05) is 0 Å². The summed E-state index contributed by atoms with van der Waals surface area (Å²) in [6.07, 6.45) is 3.09. The Morgan fingerprint density at radius 3 is 2.48 bits per heavy atom. The molecule has 0 atom stereocenters. The van der Waals surface area contributed by atoms with Gasteiger partial charge in [-0.25, -0.2) is 13.1 Å². The van der Waals surface area contributed by atoms with Gasteiger partial charge in [0, 0.05) is 22.0 Å². The Balaban J connectivity index is 2.02. The molecule has 1 saturated heterocycles. The molecule has 1 fully saturated rings. The minimum Gasteiger partial charge on any atom is -0.342 e. The molecule has 0 spiro atoms. The molecule has 0 aromatic heterocycles. The van der Waals surface area contributed by atoms with E-state index in [1.165, 1.54) is 6.07 Å². The molecule has 1 aromatic carbocycles. The maximum absolute atomic E-state index is 12.2. The number of rotatable bonds is 4. The molecular formula is C13H16Br2N2O3S. The highest BCUT2D eigenvalue weighted by molar-refractivity contribution is 9.11. The van der Waals surface area contributed by atoms with Crippen LogP contribution in [0.25, 0.3) is 0 Å². The predicted molar refractivity (Wildman–Crippen MR) is 87.5 cm³/mol. The van der Waals surface area contributed by atoms with Gasteiger partial charge in [-0.2, -0.15) is 0 Å². The highest BCUT2D eigenvalue weighted by atomic mass is 79.9. The molecule has 5 nitrogen and oxygen atoms in total. The Morgan fingerprint density at radius 2 is 1.86 bits per heavy atom. The first-order valence-electron chi connectivity index (χ1n) is 6.62. The van der Waals surface area contributed by atoms with E-state index < -0.39 is 10.0 Å². The van der Waals surface area contributed by atoms with Gasteiger partial charge >= 0.3 is 0 Å². The molecule has 1 amide bonds. The number of nitrogens with one attached hydrogen (secondary N) is 1. The molecule has 116 valence electrons. The van der Waals surface area contributed by atoms with Crippen molar-refractivity contribution in [2.24, 2.45) is 0 Å². The van der Waals surface area contributed by atoms with Crippen LogP contribution in [0.5, 0.6) is 0 Å². The SMILES string of the molecule is O=C(CNS(=O)(=O)c1ccc(Br)cc1Br)N1CCCCC1. The Kier molecular flexibility index (Phi) is 5.81. The Morgan fingerprint density at radius 1 is 1.19 bits per heavy atom. The number of hydrogen-bond acceptors (Lipinski definition) is 3. The highest BCUT2D eigenvalue weighted by Crippen LogP contribution is 2.25. The summed E-state index contributed by atoms with van der Waals surface area (Å²) in [5.41, 5.74) is 0. The lowest BCUT2D eigenvalue weighted by Gasteiger charge is -2.26. The van der Waals surface area contributed by atoms with Crippen molar-refractivity contribution in [2.45, 2.75) is 24.2 Å². The molecule has 0 radical (unpaired) electrons. The predicted octanol–water partition coefficient (Wildman–Crippen LogP) is 2.50. The number of carbonyl (C=O) groups is 1. The van der Waals surface area contributed by atoms with Crippen LogP contribution in [0.4, 0.5) is 0 Å². The molecule has 1 aromatic rings. The third kappa shape index (κ3) is 4.51. The number of benzene rings is 1. The first kappa shape index (κ1) is 16.9. The van der Waals surface area contributed by atoms with Crippen molar-refractivity contribution < 1.29 is 13.2 Å². The minimum atomic E-state index is -3.71. The summed E-state index contributed by atoms with van der Waals surface area (Å²) in [4.78, 5) is 13.8. The van der Waals surface area contributed by atoms with Gasteiger partial charge in [-0.3, -0.25) is 4.79 Å². The molecule has 1 heterocycles. The first-order valence-corrected chi connectivity index (χ1v) is 9.69. The van der Waals surface area contributed by atoms with Gasteiger partial charge in [0.25, 0.3) is 0 Å². The third-order valence-corrected chi connectivity index (χ3v) is 6.18. The molecule has 0 aliphatic carbocycles. The van der Waals surface area contributed by atoms with Crippen LogP contribution in [-0.2, 0) is 14.8 Å². The lowest BCUT2D eigenvalue weighted by molar-refractivity contribution is -0.130. The number of piperidine rings is 1. The Labute approximate surface area is 141 Å². The monoisotopic (exact) mass is 438 g/mol. The van der Waals surface area contributed by atoms with E-state index >= 15 is 0 Å². The first-order chi connectivity index (χ1) is 9.90. The maximum atomic E-state index is 12.2. The van der Waals surface area contributed by atoms with Crippen LogP contribution in [0.15, 0.2) is 32.0 Å². The van der Waals surface area contributed by atoms with Crippen LogP contribution in [-0.4, -0.2) is 38.9 Å². The van der Waals surface area contributed by atoms with Gasteiger partial charge < -0.3 is 4.90 Å². The highest BCUT2D eigenvalue weighted by Gasteiger charge is 2.21. The quantitative estimate of drug-likeness (QED) is 0.783. The lowest BCUT2D eigenvalue weighted by atomic mass is 10.1. The number of likely N-dealkylation sites (tertiary alicyclic amines) is 1. The molecule has 0 bridgehead atoms. The molecule has 21 heavy (non-hydrogen) atoms. The van der Waals surface area contributed by atoms with Gasteiger partial charge in [-0.1, -0.05) is 15.9 Å². The van der Waals surface area contributed by atoms with Crippen molar-refractivity contribution in [1.82, 2.24) is 9.62 Å². The summed E-state index contributed by atoms with van der Waals surface area (Å²) in [5, 5.41) is 0. The summed E-state index contributed by atoms with van der Waals surface area (Å²) in [6.45, 7) is 1.22. The second kappa shape index (κ2) is 7.21. The fourth-order valence-corrected chi connectivity index (χ4v) is 4.90. The molecule has 0 saturated carbocycles. The fraction of sp³-hybridized carbons (Fsp3) is 0.462. The average Bonchev–Trinajstić information content (AvgIpc) is 2.45. The lowest BCUT2D eigenvalue weighted by Crippen LogP contribution is -2.42. The van der Waals surface area contributed by atoms with Gasteiger partial charge in [-0.15, -0.1) is 0 Å². The largest absolute Gasteiger partial charge is 0.342 e. The van der Waals surface area contributed by atoms with Crippen LogP contribution >= 0.6 is 31.9 Å². The standard InChI is InChI=1S/C13H16Br2N2O3S/c14-10-4-5-12(11(15)8-10)21(19,20)16-9-13(18)17-6-2-1-3-7-17/h4-5,8,16H,1-3,6-7,9H2. The molecule has 0 unspecified atom stereocenters. The Bertz CT molecular complexity index is 628.